The van der Waals surface area contributed by atoms with Crippen LogP contribution in [0.4, 0.5) is 10.1 Å². The number of ether oxygens (including phenoxy) is 3. The number of hydroxylamine groups is 1. The molecule has 1 unspecified atom stereocenters. The second kappa shape index (κ2) is 15.9. The number of allylic oxidation sites excluding steroid dienone is 2. The van der Waals surface area contributed by atoms with Crippen LogP contribution in [0.3, 0.4) is 0 Å². The number of nitrogens with zero attached hydrogens (tertiary/aromatic N) is 5. The number of anilines is 1. The summed E-state index contributed by atoms with van der Waals surface area (Å²) in [5.74, 6) is 0.966. The molecule has 2 aromatic carbocycles. The molecule has 298 valence electrons. The lowest BCUT2D eigenvalue weighted by Crippen LogP contribution is -2.60. The Morgan fingerprint density at radius 1 is 1.02 bits per heavy atom. The summed E-state index contributed by atoms with van der Waals surface area (Å²) in [7, 11) is 3.26. The zero-order valence-corrected chi connectivity index (χ0v) is 33.1. The van der Waals surface area contributed by atoms with Gasteiger partial charge in [0.2, 0.25) is 0 Å². The highest BCUT2D eigenvalue weighted by atomic mass is 19.1. The minimum absolute atomic E-state index is 0.158. The molecule has 11 nitrogen and oxygen atoms in total. The van der Waals surface area contributed by atoms with Gasteiger partial charge in [-0.05, 0) is 90.1 Å². The number of methoxy groups -OCH3 is 2. The first-order valence-electron chi connectivity index (χ1n) is 19.8. The van der Waals surface area contributed by atoms with Crippen molar-refractivity contribution in [1.29, 1.82) is 0 Å². The second-order valence-corrected chi connectivity index (χ2v) is 16.1. The molecule has 1 amide bonds. The van der Waals surface area contributed by atoms with Crippen LogP contribution < -0.4 is 24.6 Å². The molecule has 1 saturated carbocycles. The first-order chi connectivity index (χ1) is 27.6. The zero-order chi connectivity index (χ0) is 39.8. The van der Waals surface area contributed by atoms with E-state index in [0.29, 0.717) is 40.4 Å². The molecule has 8 rings (SSSR count). The monoisotopic (exact) mass is 774 g/mol. The van der Waals surface area contributed by atoms with Gasteiger partial charge >= 0.3 is 0 Å². The molecule has 12 heteroatoms. The average Bonchev–Trinajstić information content (AvgIpc) is 3.51. The van der Waals surface area contributed by atoms with E-state index >= 15 is 0 Å². The number of amides is 1. The first-order valence-corrected chi connectivity index (χ1v) is 19.8. The van der Waals surface area contributed by atoms with Gasteiger partial charge in [-0.15, -0.1) is 0 Å². The van der Waals surface area contributed by atoms with E-state index in [-0.39, 0.29) is 28.5 Å². The molecule has 0 bridgehead atoms. The lowest BCUT2D eigenvalue weighted by atomic mass is 9.59. The summed E-state index contributed by atoms with van der Waals surface area (Å²) in [6, 6.07) is 20.6. The summed E-state index contributed by atoms with van der Waals surface area (Å²) in [5, 5.41) is 9.46. The second-order valence-electron chi connectivity index (χ2n) is 16.1. The summed E-state index contributed by atoms with van der Waals surface area (Å²) in [4.78, 5) is 29.4. The summed E-state index contributed by atoms with van der Waals surface area (Å²) >= 11 is 0. The number of halogens is 1. The van der Waals surface area contributed by atoms with Crippen molar-refractivity contribution in [2.24, 2.45) is 5.41 Å². The number of hydrogen-bond acceptors (Lipinski definition) is 10. The Bertz CT molecular complexity index is 2190. The number of benzene rings is 2. The fourth-order valence-corrected chi connectivity index (χ4v) is 9.36. The number of carbonyl (C=O) groups excluding carboxylic acids is 1. The average molecular weight is 775 g/mol. The maximum atomic E-state index is 14.5. The lowest BCUT2D eigenvalue weighted by molar-refractivity contribution is -0.0629. The van der Waals surface area contributed by atoms with Gasteiger partial charge in [0.05, 0.1) is 37.4 Å². The van der Waals surface area contributed by atoms with Crippen LogP contribution in [-0.4, -0.2) is 83.9 Å². The topological polar surface area (TPSA) is 113 Å². The van der Waals surface area contributed by atoms with Crippen molar-refractivity contribution < 1.29 is 28.6 Å². The largest absolute Gasteiger partial charge is 0.491 e. The Morgan fingerprint density at radius 2 is 1.81 bits per heavy atom. The van der Waals surface area contributed by atoms with Crippen molar-refractivity contribution in [3.05, 3.63) is 113 Å². The van der Waals surface area contributed by atoms with E-state index in [2.05, 4.69) is 64.4 Å². The maximum absolute atomic E-state index is 14.5. The van der Waals surface area contributed by atoms with Gasteiger partial charge in [-0.25, -0.2) is 14.9 Å². The molecule has 4 aromatic rings. The zero-order valence-electron chi connectivity index (χ0n) is 33.1. The summed E-state index contributed by atoms with van der Waals surface area (Å²) in [5.41, 5.74) is 8.14. The highest BCUT2D eigenvalue weighted by Gasteiger charge is 2.50. The molecule has 0 radical (unpaired) electrons. The fraction of sp³-hybridized carbons (Fsp3) is 0.400. The highest BCUT2D eigenvalue weighted by molar-refractivity contribution is 5.97. The van der Waals surface area contributed by atoms with Gasteiger partial charge in [-0.2, -0.15) is 0 Å². The third-order valence-corrected chi connectivity index (χ3v) is 12.4. The Morgan fingerprint density at radius 3 is 2.54 bits per heavy atom. The van der Waals surface area contributed by atoms with Crippen molar-refractivity contribution in [1.82, 2.24) is 25.2 Å². The highest BCUT2D eigenvalue weighted by Crippen LogP contribution is 2.53. The van der Waals surface area contributed by atoms with Crippen molar-refractivity contribution in [2.75, 3.05) is 51.8 Å². The normalized spacial score (nSPS) is 19.6. The van der Waals surface area contributed by atoms with E-state index in [0.717, 1.165) is 63.5 Å². The minimum atomic E-state index is -0.698. The molecule has 2 aliphatic heterocycles. The fourth-order valence-electron chi connectivity index (χ4n) is 9.36. The molecule has 1 atom stereocenters. The van der Waals surface area contributed by atoms with E-state index in [1.807, 2.05) is 24.3 Å². The van der Waals surface area contributed by atoms with Gasteiger partial charge in [0, 0.05) is 68.7 Å². The molecular weight excluding hydrogens is 724 g/mol. The number of rotatable bonds is 11. The van der Waals surface area contributed by atoms with Crippen molar-refractivity contribution in [2.45, 2.75) is 64.1 Å². The third-order valence-electron chi connectivity index (χ3n) is 12.4. The predicted octanol–water partition coefficient (Wildman–Crippen LogP) is 8.17. The Labute approximate surface area is 333 Å². The lowest BCUT2D eigenvalue weighted by Gasteiger charge is -2.58. The summed E-state index contributed by atoms with van der Waals surface area (Å²) in [6.45, 7) is 13.8. The molecule has 3 fully saturated rings. The number of piperidine rings is 1. The molecule has 2 saturated heterocycles. The number of nitrogens with one attached hydrogen (secondary N) is 1. The van der Waals surface area contributed by atoms with E-state index in [1.54, 1.807) is 31.8 Å². The van der Waals surface area contributed by atoms with Crippen LogP contribution in [0.5, 0.6) is 23.1 Å². The van der Waals surface area contributed by atoms with Gasteiger partial charge in [0.1, 0.15) is 17.3 Å². The van der Waals surface area contributed by atoms with E-state index in [1.165, 1.54) is 36.2 Å². The molecule has 2 N–H and O–H groups in total. The maximum Gasteiger partial charge on any atom is 0.278 e. The molecule has 2 aliphatic carbocycles. The molecule has 4 heterocycles. The van der Waals surface area contributed by atoms with Crippen LogP contribution in [0.25, 0.3) is 11.4 Å². The standard InChI is InChI=1S/C45H51FN6O5/c1-28(2)34-8-6-7-9-35(34)39-27-50(26-30-10-13-40(55-4)44(48-30)56-5)18-19-52(39)32-23-45(24-32)14-16-51(17-15-45)31-11-12-36(43(53)49-54)41(21-31)57-33-22-37-38(46)20-29(3)42(37)47-25-33/h6-13,20-22,25,28,32,39,54H,3,14-19,23-24,26-27H2,1-2,4-5H3,(H,49,53). The van der Waals surface area contributed by atoms with Gasteiger partial charge < -0.3 is 19.1 Å². The number of aromatic nitrogens is 2. The smallest absolute Gasteiger partial charge is 0.278 e. The van der Waals surface area contributed by atoms with Crippen LogP contribution in [0.1, 0.15) is 89.9 Å². The van der Waals surface area contributed by atoms with Crippen LogP contribution in [0.15, 0.2) is 79.5 Å². The van der Waals surface area contributed by atoms with Gasteiger partial charge in [-0.3, -0.25) is 24.8 Å². The van der Waals surface area contributed by atoms with Crippen LogP contribution in [-0.2, 0) is 6.54 Å². The van der Waals surface area contributed by atoms with Crippen LogP contribution in [0.2, 0.25) is 0 Å². The SMILES string of the molecule is C=C1C=C(F)c2cc(Oc3cc(N4CCC5(CC4)CC(N4CCN(Cc6ccc(OC)c(OC)n6)CC4c4ccccc4C(C)C)C5)ccc3C(=O)NO)cnc21. The molecule has 1 spiro atoms. The Hall–Kier alpha value is -5.30. The molecule has 2 aromatic heterocycles. The molecule has 4 aliphatic rings. The van der Waals surface area contributed by atoms with Crippen molar-refractivity contribution in [3.8, 4) is 23.1 Å². The number of hydrogen-bond donors (Lipinski definition) is 2. The van der Waals surface area contributed by atoms with Crippen LogP contribution >= 0.6 is 0 Å². The van der Waals surface area contributed by atoms with Crippen LogP contribution in [0, 0.1) is 5.41 Å². The quantitative estimate of drug-likeness (QED) is 0.114. The van der Waals surface area contributed by atoms with E-state index in [9.17, 15) is 14.4 Å². The molecule has 57 heavy (non-hydrogen) atoms. The number of fused-ring (bicyclic) bond motifs is 1. The number of pyridine rings is 2. The van der Waals surface area contributed by atoms with Crippen molar-refractivity contribution >= 4 is 23.0 Å². The summed E-state index contributed by atoms with van der Waals surface area (Å²) in [6.07, 6.45) is 7.31. The van der Waals surface area contributed by atoms with Gasteiger partial charge in [-0.1, -0.05) is 44.7 Å². The Balaban J connectivity index is 0.954. The van der Waals surface area contributed by atoms with Crippen molar-refractivity contribution in [3.63, 3.8) is 0 Å². The molecular formula is C45H51FN6O5. The predicted molar refractivity (Wildman–Crippen MR) is 218 cm³/mol. The van der Waals surface area contributed by atoms with E-state index in [4.69, 9.17) is 19.2 Å². The summed E-state index contributed by atoms with van der Waals surface area (Å²) < 4.78 is 31.6. The number of piperazine rings is 1. The van der Waals surface area contributed by atoms with Gasteiger partial charge in [0.25, 0.3) is 11.8 Å². The van der Waals surface area contributed by atoms with Gasteiger partial charge in [0.15, 0.2) is 5.75 Å². The van der Waals surface area contributed by atoms with E-state index < -0.39 is 11.7 Å². The Kier molecular flexibility index (Phi) is 10.8. The third kappa shape index (κ3) is 7.61. The minimum Gasteiger partial charge on any atom is -0.491 e. The first kappa shape index (κ1) is 38.6. The number of carbonyl (C=O) groups is 1.